The van der Waals surface area contributed by atoms with Gasteiger partial charge in [0.25, 0.3) is 0 Å². The lowest BCUT2D eigenvalue weighted by Gasteiger charge is -2.22. The molecule has 1 saturated heterocycles. The highest BCUT2D eigenvalue weighted by Gasteiger charge is 2.19. The summed E-state index contributed by atoms with van der Waals surface area (Å²) in [6.07, 6.45) is 5.61. The van der Waals surface area contributed by atoms with Crippen LogP contribution in [0.4, 0.5) is 5.69 Å². The lowest BCUT2D eigenvalue weighted by molar-refractivity contribution is 0.110. The Kier molecular flexibility index (Phi) is 3.57. The second-order valence-corrected chi connectivity index (χ2v) is 5.81. The van der Waals surface area contributed by atoms with Crippen molar-refractivity contribution in [2.45, 2.75) is 25.7 Å². The minimum Gasteiger partial charge on any atom is -0.453 e. The third-order valence-electron chi connectivity index (χ3n) is 4.35. The molecule has 0 atom stereocenters. The van der Waals surface area contributed by atoms with E-state index in [2.05, 4.69) is 15.2 Å². The largest absolute Gasteiger partial charge is 0.453 e. The number of carbonyl (C=O) groups excluding carboxylic acids is 1. The molecule has 4 rings (SSSR count). The van der Waals surface area contributed by atoms with E-state index < -0.39 is 0 Å². The summed E-state index contributed by atoms with van der Waals surface area (Å²) in [6, 6.07) is 7.40. The van der Waals surface area contributed by atoms with Crippen LogP contribution < -0.4 is 4.90 Å². The fraction of sp³-hybridized carbons (Fsp3) is 0.353. The van der Waals surface area contributed by atoms with Crippen LogP contribution in [0.25, 0.3) is 22.4 Å². The molecular formula is C17H17N3O3. The van der Waals surface area contributed by atoms with E-state index in [4.69, 9.17) is 9.05 Å². The van der Waals surface area contributed by atoms with Crippen molar-refractivity contribution in [3.05, 3.63) is 30.0 Å². The number of carbonyl (C=O) groups is 1. The highest BCUT2D eigenvalue weighted by Crippen LogP contribution is 2.34. The third-order valence-corrected chi connectivity index (χ3v) is 4.35. The SMILES string of the molecule is O=Cc1ccc(-c2ccc(N3CCCCCC3)c3nonc23)o1. The van der Waals surface area contributed by atoms with Crippen LogP contribution in [0.5, 0.6) is 0 Å². The zero-order valence-corrected chi connectivity index (χ0v) is 12.7. The van der Waals surface area contributed by atoms with Crippen molar-refractivity contribution >= 4 is 23.0 Å². The summed E-state index contributed by atoms with van der Waals surface area (Å²) in [5, 5.41) is 8.15. The van der Waals surface area contributed by atoms with E-state index in [1.54, 1.807) is 12.1 Å². The molecule has 118 valence electrons. The molecule has 1 fully saturated rings. The van der Waals surface area contributed by atoms with Crippen LogP contribution in [0, 0.1) is 0 Å². The summed E-state index contributed by atoms with van der Waals surface area (Å²) in [5.41, 5.74) is 3.24. The summed E-state index contributed by atoms with van der Waals surface area (Å²) in [4.78, 5) is 13.2. The fourth-order valence-electron chi connectivity index (χ4n) is 3.18. The first-order valence-electron chi connectivity index (χ1n) is 7.92. The van der Waals surface area contributed by atoms with Crippen molar-refractivity contribution in [1.29, 1.82) is 0 Å². The molecule has 0 saturated carbocycles. The van der Waals surface area contributed by atoms with Gasteiger partial charge in [-0.25, -0.2) is 4.63 Å². The maximum Gasteiger partial charge on any atom is 0.185 e. The normalized spacial score (nSPS) is 15.7. The van der Waals surface area contributed by atoms with Crippen LogP contribution in [0.1, 0.15) is 36.2 Å². The highest BCUT2D eigenvalue weighted by molar-refractivity contribution is 5.97. The van der Waals surface area contributed by atoms with Gasteiger partial charge in [0.15, 0.2) is 17.6 Å². The van der Waals surface area contributed by atoms with Gasteiger partial charge in [-0.05, 0) is 47.4 Å². The molecule has 3 heterocycles. The van der Waals surface area contributed by atoms with Crippen LogP contribution in [-0.2, 0) is 0 Å². The first-order valence-corrected chi connectivity index (χ1v) is 7.92. The zero-order chi connectivity index (χ0) is 15.6. The number of benzene rings is 1. The molecule has 6 heteroatoms. The summed E-state index contributed by atoms with van der Waals surface area (Å²) in [7, 11) is 0. The molecule has 0 aliphatic carbocycles. The maximum atomic E-state index is 10.8. The van der Waals surface area contributed by atoms with Crippen molar-refractivity contribution in [1.82, 2.24) is 10.3 Å². The predicted molar refractivity (Wildman–Crippen MR) is 85.6 cm³/mol. The molecule has 1 aliphatic heterocycles. The molecule has 1 aliphatic rings. The van der Waals surface area contributed by atoms with Crippen molar-refractivity contribution < 1.29 is 13.8 Å². The molecular weight excluding hydrogens is 294 g/mol. The van der Waals surface area contributed by atoms with Crippen LogP contribution in [0.15, 0.2) is 33.3 Å². The number of aromatic nitrogens is 2. The summed E-state index contributed by atoms with van der Waals surface area (Å²) >= 11 is 0. The smallest absolute Gasteiger partial charge is 0.185 e. The summed E-state index contributed by atoms with van der Waals surface area (Å²) in [5.74, 6) is 0.886. The van der Waals surface area contributed by atoms with Gasteiger partial charge in [-0.1, -0.05) is 12.8 Å². The van der Waals surface area contributed by atoms with Gasteiger partial charge in [-0.3, -0.25) is 4.79 Å². The molecule has 23 heavy (non-hydrogen) atoms. The Hall–Kier alpha value is -2.63. The van der Waals surface area contributed by atoms with Gasteiger partial charge in [0.05, 0.1) is 5.69 Å². The minimum absolute atomic E-state index is 0.293. The molecule has 0 spiro atoms. The lowest BCUT2D eigenvalue weighted by Crippen LogP contribution is -2.24. The Balaban J connectivity index is 1.79. The van der Waals surface area contributed by atoms with Gasteiger partial charge in [-0.2, -0.15) is 0 Å². The molecule has 1 aromatic carbocycles. The first-order chi connectivity index (χ1) is 11.4. The molecule has 3 aromatic rings. The number of anilines is 1. The van der Waals surface area contributed by atoms with E-state index in [1.807, 2.05) is 12.1 Å². The monoisotopic (exact) mass is 311 g/mol. The quantitative estimate of drug-likeness (QED) is 0.687. The summed E-state index contributed by atoms with van der Waals surface area (Å²) < 4.78 is 10.5. The van der Waals surface area contributed by atoms with E-state index in [0.29, 0.717) is 23.3 Å². The second kappa shape index (κ2) is 5.87. The van der Waals surface area contributed by atoms with Crippen molar-refractivity contribution in [3.8, 4) is 11.3 Å². The predicted octanol–water partition coefficient (Wildman–Crippen LogP) is 3.68. The fourth-order valence-corrected chi connectivity index (χ4v) is 3.18. The standard InChI is InChI=1S/C17H17N3O3/c21-11-12-5-8-15(22-12)13-6-7-14(17-16(13)18-23-19-17)20-9-3-1-2-4-10-20/h5-8,11H,1-4,9-10H2. The minimum atomic E-state index is 0.293. The maximum absolute atomic E-state index is 10.8. The highest BCUT2D eigenvalue weighted by atomic mass is 16.6. The van der Waals surface area contributed by atoms with Gasteiger partial charge in [-0.15, -0.1) is 0 Å². The Bertz CT molecular complexity index is 829. The second-order valence-electron chi connectivity index (χ2n) is 5.81. The molecule has 0 unspecified atom stereocenters. The van der Waals surface area contributed by atoms with Crippen molar-refractivity contribution in [2.75, 3.05) is 18.0 Å². The van der Waals surface area contributed by atoms with E-state index in [0.717, 1.165) is 29.9 Å². The van der Waals surface area contributed by atoms with Gasteiger partial charge in [0, 0.05) is 18.7 Å². The number of fused-ring (bicyclic) bond motifs is 1. The van der Waals surface area contributed by atoms with E-state index in [9.17, 15) is 4.79 Å². The molecule has 2 aromatic heterocycles. The Morgan fingerprint density at radius 3 is 2.48 bits per heavy atom. The molecule has 0 bridgehead atoms. The number of rotatable bonds is 3. The van der Waals surface area contributed by atoms with Crippen LogP contribution in [-0.4, -0.2) is 29.7 Å². The Morgan fingerprint density at radius 1 is 0.957 bits per heavy atom. The first kappa shape index (κ1) is 14.0. The van der Waals surface area contributed by atoms with E-state index in [1.165, 1.54) is 25.7 Å². The number of nitrogens with zero attached hydrogens (tertiary/aromatic N) is 3. The number of furan rings is 1. The van der Waals surface area contributed by atoms with Gasteiger partial charge >= 0.3 is 0 Å². The topological polar surface area (TPSA) is 72.4 Å². The van der Waals surface area contributed by atoms with Crippen LogP contribution >= 0.6 is 0 Å². The molecule has 0 amide bonds. The van der Waals surface area contributed by atoms with Gasteiger partial charge in [0.2, 0.25) is 0 Å². The van der Waals surface area contributed by atoms with E-state index >= 15 is 0 Å². The summed E-state index contributed by atoms with van der Waals surface area (Å²) in [6.45, 7) is 2.05. The van der Waals surface area contributed by atoms with Gasteiger partial charge in [0.1, 0.15) is 11.3 Å². The van der Waals surface area contributed by atoms with Crippen LogP contribution in [0.3, 0.4) is 0 Å². The number of hydrogen-bond donors (Lipinski definition) is 0. The Labute approximate surface area is 133 Å². The number of aldehydes is 1. The van der Waals surface area contributed by atoms with Gasteiger partial charge < -0.3 is 9.32 Å². The zero-order valence-electron chi connectivity index (χ0n) is 12.7. The molecule has 0 N–H and O–H groups in total. The van der Waals surface area contributed by atoms with Crippen molar-refractivity contribution in [3.63, 3.8) is 0 Å². The molecule has 0 radical (unpaired) electrons. The van der Waals surface area contributed by atoms with Crippen molar-refractivity contribution in [2.24, 2.45) is 0 Å². The number of hydrogen-bond acceptors (Lipinski definition) is 6. The third kappa shape index (κ3) is 2.50. The molecule has 6 nitrogen and oxygen atoms in total. The van der Waals surface area contributed by atoms with Crippen LogP contribution in [0.2, 0.25) is 0 Å². The average Bonchev–Trinajstić information content (AvgIpc) is 3.18. The Morgan fingerprint density at radius 2 is 1.74 bits per heavy atom. The lowest BCUT2D eigenvalue weighted by atomic mass is 10.1. The van der Waals surface area contributed by atoms with E-state index in [-0.39, 0.29) is 0 Å². The average molecular weight is 311 g/mol.